The minimum Gasteiger partial charge on any atom is -0.497 e. The molecule has 1 aromatic carbocycles. The number of rotatable bonds is 7. The van der Waals surface area contributed by atoms with E-state index >= 15 is 0 Å². The van der Waals surface area contributed by atoms with E-state index in [9.17, 15) is 0 Å². The van der Waals surface area contributed by atoms with Gasteiger partial charge in [-0.2, -0.15) is 5.10 Å². The number of methoxy groups -OCH3 is 1. The molecule has 0 atom stereocenters. The largest absolute Gasteiger partial charge is 0.497 e. The van der Waals surface area contributed by atoms with Gasteiger partial charge >= 0.3 is 0 Å². The maximum Gasteiger partial charge on any atom is 0.119 e. The maximum atomic E-state index is 5.36. The highest BCUT2D eigenvalue weighted by atomic mass is 16.5. The Kier molecular flexibility index (Phi) is 5.39. The first-order chi connectivity index (χ1) is 10.2. The van der Waals surface area contributed by atoms with Gasteiger partial charge in [0.15, 0.2) is 0 Å². The van der Waals surface area contributed by atoms with E-state index < -0.39 is 0 Å². The zero-order chi connectivity index (χ0) is 15.2. The summed E-state index contributed by atoms with van der Waals surface area (Å²) in [4.78, 5) is 0. The minimum absolute atomic E-state index is 0.837. The van der Waals surface area contributed by atoms with Crippen molar-refractivity contribution < 1.29 is 4.74 Å². The second-order valence-corrected chi connectivity index (χ2v) is 5.22. The van der Waals surface area contributed by atoms with E-state index in [2.05, 4.69) is 42.6 Å². The smallest absolute Gasteiger partial charge is 0.119 e. The van der Waals surface area contributed by atoms with Crippen LogP contribution in [0.1, 0.15) is 31.5 Å². The van der Waals surface area contributed by atoms with Crippen LogP contribution in [0.3, 0.4) is 0 Å². The second-order valence-electron chi connectivity index (χ2n) is 5.22. The lowest BCUT2D eigenvalue weighted by atomic mass is 9.98. The van der Waals surface area contributed by atoms with Crippen molar-refractivity contribution in [1.82, 2.24) is 15.1 Å². The summed E-state index contributed by atoms with van der Waals surface area (Å²) < 4.78 is 7.26. The van der Waals surface area contributed by atoms with Crippen LogP contribution in [0.4, 0.5) is 0 Å². The van der Waals surface area contributed by atoms with Crippen molar-refractivity contribution >= 4 is 0 Å². The number of nitrogens with zero attached hydrogens (tertiary/aromatic N) is 2. The van der Waals surface area contributed by atoms with E-state index in [1.807, 2.05) is 17.8 Å². The molecule has 0 aliphatic carbocycles. The number of hydrogen-bond donors (Lipinski definition) is 1. The summed E-state index contributed by atoms with van der Waals surface area (Å²) >= 11 is 0. The van der Waals surface area contributed by atoms with Gasteiger partial charge in [0.25, 0.3) is 0 Å². The van der Waals surface area contributed by atoms with Crippen molar-refractivity contribution in [2.75, 3.05) is 13.7 Å². The highest BCUT2D eigenvalue weighted by Gasteiger charge is 2.13. The molecule has 0 radical (unpaired) electrons. The first-order valence-corrected chi connectivity index (χ1v) is 7.60. The highest BCUT2D eigenvalue weighted by Crippen LogP contribution is 2.30. The minimum atomic E-state index is 0.837. The van der Waals surface area contributed by atoms with Crippen LogP contribution in [0.25, 0.3) is 11.1 Å². The molecular weight excluding hydrogens is 262 g/mol. The molecule has 1 heterocycles. The molecule has 0 saturated heterocycles. The van der Waals surface area contributed by atoms with E-state index in [0.29, 0.717) is 0 Å². The third kappa shape index (κ3) is 3.64. The van der Waals surface area contributed by atoms with Crippen LogP contribution in [0.2, 0.25) is 0 Å². The van der Waals surface area contributed by atoms with E-state index in [4.69, 9.17) is 4.74 Å². The molecule has 0 bridgehead atoms. The molecule has 1 N–H and O–H groups in total. The van der Waals surface area contributed by atoms with Crippen LogP contribution in [0.5, 0.6) is 5.75 Å². The number of aryl methyl sites for hydroxylation is 2. The van der Waals surface area contributed by atoms with Crippen LogP contribution in [-0.2, 0) is 20.0 Å². The van der Waals surface area contributed by atoms with Gasteiger partial charge in [-0.3, -0.25) is 4.68 Å². The standard InChI is InChI=1S/C17H25N3O/c1-5-7-17-16(12-20(3)19-17)15-9-8-14(21-4)10-13(15)11-18-6-2/h8-10,12,18H,5-7,11H2,1-4H3. The quantitative estimate of drug-likeness (QED) is 0.850. The fraction of sp³-hybridized carbons (Fsp3) is 0.471. The normalized spacial score (nSPS) is 10.9. The van der Waals surface area contributed by atoms with Crippen LogP contribution < -0.4 is 10.1 Å². The van der Waals surface area contributed by atoms with Crippen molar-refractivity contribution in [1.29, 1.82) is 0 Å². The molecule has 0 aliphatic heterocycles. The average molecular weight is 287 g/mol. The van der Waals surface area contributed by atoms with Crippen LogP contribution >= 0.6 is 0 Å². The molecule has 0 fully saturated rings. The summed E-state index contributed by atoms with van der Waals surface area (Å²) in [5.41, 5.74) is 4.90. The molecule has 4 heteroatoms. The van der Waals surface area contributed by atoms with E-state index in [1.165, 1.54) is 22.4 Å². The molecule has 1 aromatic heterocycles. The van der Waals surface area contributed by atoms with Crippen LogP contribution in [0, 0.1) is 0 Å². The topological polar surface area (TPSA) is 39.1 Å². The summed E-state index contributed by atoms with van der Waals surface area (Å²) in [5.74, 6) is 0.896. The van der Waals surface area contributed by atoms with E-state index in [0.717, 1.165) is 31.7 Å². The number of ether oxygens (including phenoxy) is 1. The van der Waals surface area contributed by atoms with Crippen molar-refractivity contribution in [3.05, 3.63) is 35.7 Å². The summed E-state index contributed by atoms with van der Waals surface area (Å²) in [6.45, 7) is 6.09. The van der Waals surface area contributed by atoms with Gasteiger partial charge in [0, 0.05) is 25.4 Å². The van der Waals surface area contributed by atoms with Crippen LogP contribution in [0.15, 0.2) is 24.4 Å². The Morgan fingerprint density at radius 2 is 2.05 bits per heavy atom. The molecule has 0 amide bonds. The van der Waals surface area contributed by atoms with Gasteiger partial charge in [0.1, 0.15) is 5.75 Å². The predicted octanol–water partition coefficient (Wildman–Crippen LogP) is 3.16. The number of benzene rings is 1. The highest BCUT2D eigenvalue weighted by molar-refractivity contribution is 5.70. The number of nitrogens with one attached hydrogen (secondary N) is 1. The average Bonchev–Trinajstić information content (AvgIpc) is 2.85. The Hall–Kier alpha value is -1.81. The van der Waals surface area contributed by atoms with E-state index in [-0.39, 0.29) is 0 Å². The van der Waals surface area contributed by atoms with Crippen molar-refractivity contribution in [2.24, 2.45) is 7.05 Å². The molecule has 0 saturated carbocycles. The Morgan fingerprint density at radius 3 is 2.71 bits per heavy atom. The summed E-state index contributed by atoms with van der Waals surface area (Å²) in [7, 11) is 3.69. The Morgan fingerprint density at radius 1 is 1.24 bits per heavy atom. The fourth-order valence-electron chi connectivity index (χ4n) is 2.55. The zero-order valence-corrected chi connectivity index (χ0v) is 13.4. The molecule has 2 rings (SSSR count). The predicted molar refractivity (Wildman–Crippen MR) is 86.6 cm³/mol. The Bertz CT molecular complexity index is 590. The van der Waals surface area contributed by atoms with Gasteiger partial charge in [-0.15, -0.1) is 0 Å². The Labute approximate surface area is 127 Å². The molecule has 21 heavy (non-hydrogen) atoms. The van der Waals surface area contributed by atoms with Crippen molar-refractivity contribution in [3.63, 3.8) is 0 Å². The SMILES string of the molecule is CCCc1nn(C)cc1-c1ccc(OC)cc1CNCC. The summed E-state index contributed by atoms with van der Waals surface area (Å²) in [6, 6.07) is 6.27. The van der Waals surface area contributed by atoms with Gasteiger partial charge in [-0.1, -0.05) is 26.3 Å². The molecule has 2 aromatic rings. The lowest BCUT2D eigenvalue weighted by molar-refractivity contribution is 0.414. The van der Waals surface area contributed by atoms with E-state index in [1.54, 1.807) is 7.11 Å². The van der Waals surface area contributed by atoms with Gasteiger partial charge < -0.3 is 10.1 Å². The molecule has 4 nitrogen and oxygen atoms in total. The molecule has 0 spiro atoms. The van der Waals surface area contributed by atoms with Crippen LogP contribution in [-0.4, -0.2) is 23.4 Å². The van der Waals surface area contributed by atoms with Gasteiger partial charge in [0.05, 0.1) is 12.8 Å². The maximum absolute atomic E-state index is 5.36. The van der Waals surface area contributed by atoms with Crippen molar-refractivity contribution in [3.8, 4) is 16.9 Å². The number of hydrogen-bond acceptors (Lipinski definition) is 3. The summed E-state index contributed by atoms with van der Waals surface area (Å²) in [5, 5.41) is 8.01. The molecule has 0 unspecified atom stereocenters. The summed E-state index contributed by atoms with van der Waals surface area (Å²) in [6.07, 6.45) is 4.22. The third-order valence-corrected chi connectivity index (χ3v) is 3.56. The lowest BCUT2D eigenvalue weighted by Crippen LogP contribution is -2.12. The zero-order valence-electron chi connectivity index (χ0n) is 13.4. The Balaban J connectivity index is 2.46. The van der Waals surface area contributed by atoms with Gasteiger partial charge in [-0.05, 0) is 36.2 Å². The molecular formula is C17H25N3O. The third-order valence-electron chi connectivity index (χ3n) is 3.56. The first-order valence-electron chi connectivity index (χ1n) is 7.60. The van der Waals surface area contributed by atoms with Gasteiger partial charge in [-0.25, -0.2) is 0 Å². The molecule has 0 aliphatic rings. The van der Waals surface area contributed by atoms with Gasteiger partial charge in [0.2, 0.25) is 0 Å². The fourth-order valence-corrected chi connectivity index (χ4v) is 2.55. The van der Waals surface area contributed by atoms with Crippen molar-refractivity contribution in [2.45, 2.75) is 33.2 Å². The molecule has 114 valence electrons. The lowest BCUT2D eigenvalue weighted by Gasteiger charge is -2.12. The second kappa shape index (κ2) is 7.27. The first kappa shape index (κ1) is 15.6. The number of aromatic nitrogens is 2. The monoisotopic (exact) mass is 287 g/mol.